The fraction of sp³-hybridized carbons (Fsp3) is 0.974. The molecule has 13 heteroatoms. The van der Waals surface area contributed by atoms with Crippen LogP contribution in [0.1, 0.15) is 181 Å². The quantitative estimate of drug-likeness (QED) is 0.0274. The van der Waals surface area contributed by atoms with Crippen molar-refractivity contribution < 1.29 is 53.9 Å². The molecule has 0 spiro atoms. The number of rotatable bonds is 33. The fourth-order valence-corrected chi connectivity index (χ4v) is 7.70. The molecule has 1 amide bonds. The molecule has 0 radical (unpaired) electrons. The van der Waals surface area contributed by atoms with Gasteiger partial charge in [0.05, 0.1) is 18.8 Å². The molecule has 0 saturated heterocycles. The van der Waals surface area contributed by atoms with Crippen LogP contribution in [0.25, 0.3) is 0 Å². The van der Waals surface area contributed by atoms with Crippen LogP contribution < -0.4 is 5.32 Å². The summed E-state index contributed by atoms with van der Waals surface area (Å²) < 4.78 is 22.8. The van der Waals surface area contributed by atoms with Gasteiger partial charge in [0.2, 0.25) is 5.91 Å². The van der Waals surface area contributed by atoms with Crippen molar-refractivity contribution in [3.8, 4) is 0 Å². The standard InChI is InChI=1S/C38H76NO11P/c1-3-5-7-9-11-13-15-16-18-19-21-23-25-27-31(40)30(39-32(41)28-26-24-22-20-17-14-12-10-8-6-4-2)29-49-51(47,48)50-38-36(45)34(43)33(42)35(44)37(38)46/h30-31,33-38,40,42-46H,3-29H2,1-2H3,(H,39,41)(H,47,48)/t30-,31+,33?,34-,35+,36+,37+,38?/m0/s1. The second-order valence-corrected chi connectivity index (χ2v) is 16.3. The lowest BCUT2D eigenvalue weighted by atomic mass is 9.85. The highest BCUT2D eigenvalue weighted by atomic mass is 31.2. The topological polar surface area (TPSA) is 206 Å². The van der Waals surface area contributed by atoms with Gasteiger partial charge in [0, 0.05) is 6.42 Å². The minimum atomic E-state index is -5.04. The van der Waals surface area contributed by atoms with E-state index in [4.69, 9.17) is 9.05 Å². The highest BCUT2D eigenvalue weighted by Gasteiger charge is 2.51. The van der Waals surface area contributed by atoms with Gasteiger partial charge < -0.3 is 40.8 Å². The van der Waals surface area contributed by atoms with Crippen molar-refractivity contribution in [2.75, 3.05) is 6.61 Å². The van der Waals surface area contributed by atoms with Crippen LogP contribution in [0.15, 0.2) is 0 Å². The van der Waals surface area contributed by atoms with Gasteiger partial charge in [0.1, 0.15) is 36.6 Å². The van der Waals surface area contributed by atoms with E-state index in [2.05, 4.69) is 19.2 Å². The van der Waals surface area contributed by atoms with Crippen LogP contribution >= 0.6 is 7.82 Å². The summed E-state index contributed by atoms with van der Waals surface area (Å²) in [6, 6.07) is -1.02. The Morgan fingerprint density at radius 3 is 1.35 bits per heavy atom. The molecule has 0 aliphatic heterocycles. The number of phosphoric ester groups is 1. The Balaban J connectivity index is 2.54. The number of carbonyl (C=O) groups excluding carboxylic acids is 1. The highest BCUT2D eigenvalue weighted by Crippen LogP contribution is 2.47. The van der Waals surface area contributed by atoms with Crippen molar-refractivity contribution in [2.24, 2.45) is 0 Å². The Morgan fingerprint density at radius 1 is 0.588 bits per heavy atom. The van der Waals surface area contributed by atoms with Crippen molar-refractivity contribution in [1.82, 2.24) is 5.32 Å². The van der Waals surface area contributed by atoms with Crippen molar-refractivity contribution in [3.63, 3.8) is 0 Å². The molecule has 12 nitrogen and oxygen atoms in total. The molecule has 0 aromatic heterocycles. The van der Waals surface area contributed by atoms with E-state index in [0.717, 1.165) is 38.5 Å². The molecule has 8 N–H and O–H groups in total. The third-order valence-electron chi connectivity index (χ3n) is 10.2. The summed E-state index contributed by atoms with van der Waals surface area (Å²) in [5, 5.41) is 63.8. The Morgan fingerprint density at radius 2 is 0.941 bits per heavy atom. The van der Waals surface area contributed by atoms with E-state index in [1.807, 2.05) is 0 Å². The molecule has 1 saturated carbocycles. The van der Waals surface area contributed by atoms with Crippen molar-refractivity contribution >= 4 is 13.7 Å². The molecule has 0 aromatic carbocycles. The normalized spacial score (nSPS) is 24.6. The molecule has 1 fully saturated rings. The summed E-state index contributed by atoms with van der Waals surface area (Å²) in [5.41, 5.74) is 0. The molecule has 9 atom stereocenters. The lowest BCUT2D eigenvalue weighted by Crippen LogP contribution is -2.64. The molecule has 0 heterocycles. The first-order valence-corrected chi connectivity index (χ1v) is 22.0. The molecule has 1 rings (SSSR count). The number of aliphatic hydroxyl groups is 6. The molecule has 0 bridgehead atoms. The molecular formula is C38H76NO11P. The summed E-state index contributed by atoms with van der Waals surface area (Å²) >= 11 is 0. The average molecular weight is 754 g/mol. The maximum absolute atomic E-state index is 12.9. The zero-order chi connectivity index (χ0) is 37.9. The number of nitrogens with one attached hydrogen (secondary N) is 1. The first-order chi connectivity index (χ1) is 24.4. The fourth-order valence-electron chi connectivity index (χ4n) is 6.73. The van der Waals surface area contributed by atoms with Gasteiger partial charge in [-0.25, -0.2) is 4.57 Å². The molecular weight excluding hydrogens is 677 g/mol. The molecule has 1 aliphatic carbocycles. The Kier molecular flexibility index (Phi) is 28.1. The first-order valence-electron chi connectivity index (χ1n) is 20.5. The number of unbranched alkanes of at least 4 members (excludes halogenated alkanes) is 22. The highest BCUT2D eigenvalue weighted by molar-refractivity contribution is 7.47. The van der Waals surface area contributed by atoms with Crippen molar-refractivity contribution in [1.29, 1.82) is 0 Å². The lowest BCUT2D eigenvalue weighted by Gasteiger charge is -2.41. The molecule has 51 heavy (non-hydrogen) atoms. The smallest absolute Gasteiger partial charge is 0.391 e. The average Bonchev–Trinajstić information content (AvgIpc) is 3.11. The lowest BCUT2D eigenvalue weighted by molar-refractivity contribution is -0.220. The number of carbonyl (C=O) groups is 1. The summed E-state index contributed by atoms with van der Waals surface area (Å²) in [7, 11) is -5.04. The molecule has 304 valence electrons. The number of phosphoric acid groups is 1. The van der Waals surface area contributed by atoms with Crippen LogP contribution in [-0.4, -0.2) is 96.8 Å². The second kappa shape index (κ2) is 29.7. The Labute approximate surface area is 308 Å². The maximum atomic E-state index is 12.9. The Bertz CT molecular complexity index is 884. The largest absolute Gasteiger partial charge is 0.472 e. The third-order valence-corrected chi connectivity index (χ3v) is 11.2. The van der Waals surface area contributed by atoms with Crippen LogP contribution in [0.3, 0.4) is 0 Å². The van der Waals surface area contributed by atoms with Gasteiger partial charge in [0.25, 0.3) is 0 Å². The molecule has 0 aromatic rings. The zero-order valence-corrected chi connectivity index (χ0v) is 32.8. The predicted molar refractivity (Wildman–Crippen MR) is 200 cm³/mol. The van der Waals surface area contributed by atoms with Crippen LogP contribution in [0, 0.1) is 0 Å². The Hall–Kier alpha value is -0.660. The summed E-state index contributed by atoms with van der Waals surface area (Å²) in [6.07, 6.45) is 15.7. The molecule has 1 aliphatic rings. The van der Waals surface area contributed by atoms with Gasteiger partial charge in [-0.3, -0.25) is 13.8 Å². The van der Waals surface area contributed by atoms with Gasteiger partial charge in [-0.15, -0.1) is 0 Å². The van der Waals surface area contributed by atoms with Gasteiger partial charge in [-0.1, -0.05) is 162 Å². The predicted octanol–water partition coefficient (Wildman–Crippen LogP) is 6.33. The summed E-state index contributed by atoms with van der Waals surface area (Å²) in [4.78, 5) is 23.2. The first kappa shape index (κ1) is 48.4. The number of amides is 1. The van der Waals surface area contributed by atoms with E-state index < -0.39 is 63.2 Å². The van der Waals surface area contributed by atoms with Crippen molar-refractivity contribution in [3.05, 3.63) is 0 Å². The molecule has 3 unspecified atom stereocenters. The number of hydrogen-bond donors (Lipinski definition) is 8. The van der Waals surface area contributed by atoms with Crippen LogP contribution in [0.5, 0.6) is 0 Å². The summed E-state index contributed by atoms with van der Waals surface area (Å²) in [5.74, 6) is -0.309. The van der Waals surface area contributed by atoms with Crippen molar-refractivity contribution in [2.45, 2.75) is 230 Å². The monoisotopic (exact) mass is 754 g/mol. The van der Waals surface area contributed by atoms with Gasteiger partial charge in [-0.2, -0.15) is 0 Å². The van der Waals surface area contributed by atoms with E-state index in [0.29, 0.717) is 19.3 Å². The van der Waals surface area contributed by atoms with E-state index in [9.17, 15) is 44.9 Å². The minimum absolute atomic E-state index is 0.241. The van der Waals surface area contributed by atoms with Gasteiger partial charge in [0.15, 0.2) is 0 Å². The van der Waals surface area contributed by atoms with E-state index in [1.54, 1.807) is 0 Å². The third kappa shape index (κ3) is 22.3. The van der Waals surface area contributed by atoms with E-state index in [1.165, 1.54) is 103 Å². The SMILES string of the molecule is CCCCCCCCCCCCCCC[C@@H](O)[C@H](COP(=O)(O)OC1[C@H](O)[C@H](O)C(O)[C@H](O)[C@H]1O)NC(=O)CCCCCCCCCCCCC. The van der Waals surface area contributed by atoms with Crippen LogP contribution in [0.2, 0.25) is 0 Å². The van der Waals surface area contributed by atoms with E-state index >= 15 is 0 Å². The van der Waals surface area contributed by atoms with E-state index in [-0.39, 0.29) is 12.3 Å². The zero-order valence-electron chi connectivity index (χ0n) is 31.9. The maximum Gasteiger partial charge on any atom is 0.472 e. The second-order valence-electron chi connectivity index (χ2n) is 14.8. The van der Waals surface area contributed by atoms with Crippen LogP contribution in [-0.2, 0) is 18.4 Å². The summed E-state index contributed by atoms with van der Waals surface area (Å²) in [6.45, 7) is 3.85. The van der Waals surface area contributed by atoms with Gasteiger partial charge in [-0.05, 0) is 12.8 Å². The number of hydrogen-bond acceptors (Lipinski definition) is 10. The minimum Gasteiger partial charge on any atom is -0.391 e. The van der Waals surface area contributed by atoms with Gasteiger partial charge >= 0.3 is 7.82 Å². The van der Waals surface area contributed by atoms with Crippen LogP contribution in [0.4, 0.5) is 0 Å². The number of aliphatic hydroxyl groups excluding tert-OH is 6.